The first kappa shape index (κ1) is 12.9. The third kappa shape index (κ3) is 5.23. The minimum absolute atomic E-state index is 0.120. The van der Waals surface area contributed by atoms with Crippen LogP contribution < -0.4 is 11.3 Å². The number of nitrogens with two attached hydrogens (primary N) is 1. The van der Waals surface area contributed by atoms with Crippen molar-refractivity contribution in [2.45, 2.75) is 32.7 Å². The molecule has 0 heterocycles. The Morgan fingerprint density at radius 2 is 1.77 bits per heavy atom. The molecule has 1 atom stereocenters. The van der Waals surface area contributed by atoms with E-state index in [9.17, 15) is 8.42 Å². The van der Waals surface area contributed by atoms with Gasteiger partial charge in [0.25, 0.3) is 0 Å². The molecule has 0 aromatic carbocycles. The molecule has 0 aromatic heterocycles. The average Bonchev–Trinajstić information content (AvgIpc) is 2.02. The summed E-state index contributed by atoms with van der Waals surface area (Å²) in [5.41, 5.74) is 2.58. The molecule has 0 spiro atoms. The van der Waals surface area contributed by atoms with E-state index in [1.165, 1.54) is 6.26 Å². The SMILES string of the molecule is CCC(CC)C(CS(C)(=O)=O)NN. The molecular weight excluding hydrogens is 188 g/mol. The molecular formula is C8H20N2O2S. The van der Waals surface area contributed by atoms with Gasteiger partial charge in [0, 0.05) is 12.3 Å². The predicted molar refractivity (Wildman–Crippen MR) is 54.9 cm³/mol. The maximum absolute atomic E-state index is 11.0. The van der Waals surface area contributed by atoms with Gasteiger partial charge in [-0.15, -0.1) is 0 Å². The third-order valence-electron chi connectivity index (χ3n) is 2.31. The fourth-order valence-electron chi connectivity index (χ4n) is 1.50. The van der Waals surface area contributed by atoms with Gasteiger partial charge in [-0.3, -0.25) is 11.3 Å². The van der Waals surface area contributed by atoms with Crippen LogP contribution in [0.2, 0.25) is 0 Å². The first-order valence-electron chi connectivity index (χ1n) is 4.58. The van der Waals surface area contributed by atoms with E-state index in [-0.39, 0.29) is 11.8 Å². The van der Waals surface area contributed by atoms with Crippen LogP contribution in [0.4, 0.5) is 0 Å². The van der Waals surface area contributed by atoms with Crippen molar-refractivity contribution in [1.82, 2.24) is 5.43 Å². The molecule has 4 nitrogen and oxygen atoms in total. The highest BCUT2D eigenvalue weighted by Gasteiger charge is 2.21. The summed E-state index contributed by atoms with van der Waals surface area (Å²) in [5.74, 6) is 5.77. The Morgan fingerprint density at radius 1 is 1.31 bits per heavy atom. The normalized spacial score (nSPS) is 14.8. The summed E-state index contributed by atoms with van der Waals surface area (Å²) in [6.07, 6.45) is 3.13. The van der Waals surface area contributed by atoms with Crippen LogP contribution in [0.5, 0.6) is 0 Å². The van der Waals surface area contributed by atoms with Crippen LogP contribution in [-0.2, 0) is 9.84 Å². The summed E-state index contributed by atoms with van der Waals surface area (Å²) in [6.45, 7) is 4.08. The zero-order valence-corrected chi connectivity index (χ0v) is 9.39. The molecule has 0 bridgehead atoms. The highest BCUT2D eigenvalue weighted by molar-refractivity contribution is 7.90. The van der Waals surface area contributed by atoms with E-state index in [0.717, 1.165) is 12.8 Å². The summed E-state index contributed by atoms with van der Waals surface area (Å²) in [7, 11) is -2.94. The largest absolute Gasteiger partial charge is 0.271 e. The van der Waals surface area contributed by atoms with Crippen LogP contribution in [0, 0.1) is 5.92 Å². The summed E-state index contributed by atoms with van der Waals surface area (Å²) in [6, 6.07) is -0.120. The summed E-state index contributed by atoms with van der Waals surface area (Å²) < 4.78 is 22.1. The Labute approximate surface area is 80.8 Å². The first-order chi connectivity index (χ1) is 5.94. The van der Waals surface area contributed by atoms with Gasteiger partial charge in [0.15, 0.2) is 0 Å². The Kier molecular flexibility index (Phi) is 5.51. The van der Waals surface area contributed by atoms with E-state index in [4.69, 9.17) is 5.84 Å². The third-order valence-corrected chi connectivity index (χ3v) is 3.28. The topological polar surface area (TPSA) is 72.2 Å². The van der Waals surface area contributed by atoms with Gasteiger partial charge < -0.3 is 0 Å². The Balaban J connectivity index is 4.32. The van der Waals surface area contributed by atoms with E-state index in [1.807, 2.05) is 13.8 Å². The van der Waals surface area contributed by atoms with Gasteiger partial charge in [-0.2, -0.15) is 0 Å². The lowest BCUT2D eigenvalue weighted by atomic mass is 9.96. The smallest absolute Gasteiger partial charge is 0.149 e. The zero-order chi connectivity index (χ0) is 10.5. The van der Waals surface area contributed by atoms with Crippen LogP contribution in [0.15, 0.2) is 0 Å². The molecule has 0 saturated heterocycles. The van der Waals surface area contributed by atoms with Crippen molar-refractivity contribution in [2.24, 2.45) is 11.8 Å². The lowest BCUT2D eigenvalue weighted by molar-refractivity contribution is 0.360. The lowest BCUT2D eigenvalue weighted by Gasteiger charge is -2.23. The monoisotopic (exact) mass is 208 g/mol. The van der Waals surface area contributed by atoms with Crippen molar-refractivity contribution in [2.75, 3.05) is 12.0 Å². The standard InChI is InChI=1S/C8H20N2O2S/c1-4-7(5-2)8(10-9)6-13(3,11)12/h7-8,10H,4-6,9H2,1-3H3. The summed E-state index contributed by atoms with van der Waals surface area (Å²) in [4.78, 5) is 0. The second-order valence-electron chi connectivity index (χ2n) is 3.44. The van der Waals surface area contributed by atoms with Crippen LogP contribution >= 0.6 is 0 Å². The molecule has 0 saturated carbocycles. The molecule has 0 radical (unpaired) electrons. The molecule has 5 heteroatoms. The fourth-order valence-corrected chi connectivity index (χ4v) is 2.52. The summed E-state index contributed by atoms with van der Waals surface area (Å²) >= 11 is 0. The quantitative estimate of drug-likeness (QED) is 0.486. The molecule has 0 aliphatic heterocycles. The van der Waals surface area contributed by atoms with Gasteiger partial charge in [0.2, 0.25) is 0 Å². The Morgan fingerprint density at radius 3 is 2.00 bits per heavy atom. The van der Waals surface area contributed by atoms with Gasteiger partial charge in [0.05, 0.1) is 5.75 Å². The summed E-state index contributed by atoms with van der Waals surface area (Å²) in [5, 5.41) is 0. The van der Waals surface area contributed by atoms with Gasteiger partial charge in [0.1, 0.15) is 9.84 Å². The van der Waals surface area contributed by atoms with E-state index >= 15 is 0 Å². The number of hydrazine groups is 1. The molecule has 0 amide bonds. The van der Waals surface area contributed by atoms with Gasteiger partial charge in [-0.25, -0.2) is 8.42 Å². The fraction of sp³-hybridized carbons (Fsp3) is 1.00. The molecule has 3 N–H and O–H groups in total. The highest BCUT2D eigenvalue weighted by atomic mass is 32.2. The number of sulfone groups is 1. The van der Waals surface area contributed by atoms with Gasteiger partial charge in [-0.05, 0) is 5.92 Å². The van der Waals surface area contributed by atoms with Crippen molar-refractivity contribution in [3.05, 3.63) is 0 Å². The van der Waals surface area contributed by atoms with Crippen LogP contribution in [0.1, 0.15) is 26.7 Å². The first-order valence-corrected chi connectivity index (χ1v) is 6.64. The predicted octanol–water partition coefficient (Wildman–Crippen LogP) is 0.299. The molecule has 80 valence electrons. The second-order valence-corrected chi connectivity index (χ2v) is 5.63. The number of hydrogen-bond donors (Lipinski definition) is 2. The van der Waals surface area contributed by atoms with Crippen molar-refractivity contribution < 1.29 is 8.42 Å². The Hall–Kier alpha value is -0.130. The van der Waals surface area contributed by atoms with Crippen molar-refractivity contribution in [3.8, 4) is 0 Å². The van der Waals surface area contributed by atoms with Crippen LogP contribution in [0.25, 0.3) is 0 Å². The molecule has 1 unspecified atom stereocenters. The number of hydrogen-bond acceptors (Lipinski definition) is 4. The second kappa shape index (κ2) is 5.57. The lowest BCUT2D eigenvalue weighted by Crippen LogP contribution is -2.45. The van der Waals surface area contributed by atoms with Crippen LogP contribution in [-0.4, -0.2) is 26.5 Å². The van der Waals surface area contributed by atoms with E-state index in [1.54, 1.807) is 0 Å². The Bertz CT molecular complexity index is 222. The van der Waals surface area contributed by atoms with Crippen LogP contribution in [0.3, 0.4) is 0 Å². The molecule has 0 fully saturated rings. The minimum atomic E-state index is -2.94. The molecule has 0 aromatic rings. The number of rotatable bonds is 6. The van der Waals surface area contributed by atoms with Crippen molar-refractivity contribution in [1.29, 1.82) is 0 Å². The van der Waals surface area contributed by atoms with Gasteiger partial charge >= 0.3 is 0 Å². The highest BCUT2D eigenvalue weighted by Crippen LogP contribution is 2.13. The van der Waals surface area contributed by atoms with E-state index in [2.05, 4.69) is 5.43 Å². The minimum Gasteiger partial charge on any atom is -0.271 e. The maximum atomic E-state index is 11.0. The maximum Gasteiger partial charge on any atom is 0.149 e. The van der Waals surface area contributed by atoms with Gasteiger partial charge in [-0.1, -0.05) is 26.7 Å². The number of nitrogens with one attached hydrogen (secondary N) is 1. The average molecular weight is 208 g/mol. The van der Waals surface area contributed by atoms with E-state index < -0.39 is 9.84 Å². The van der Waals surface area contributed by atoms with Crippen molar-refractivity contribution >= 4 is 9.84 Å². The zero-order valence-electron chi connectivity index (χ0n) is 8.58. The molecule has 0 rings (SSSR count). The van der Waals surface area contributed by atoms with Crippen molar-refractivity contribution in [3.63, 3.8) is 0 Å². The molecule has 0 aliphatic carbocycles. The van der Waals surface area contributed by atoms with E-state index in [0.29, 0.717) is 5.92 Å². The molecule has 0 aliphatic rings. The molecule has 13 heavy (non-hydrogen) atoms.